The SMILES string of the molecule is CNc1nc(-c2cncc(OC)c2)nc2cc(NC(=O)c3cc(CNC(=O)C(C)(C)C)ccc3Cl)ccc12. The summed E-state index contributed by atoms with van der Waals surface area (Å²) >= 11 is 6.35. The number of amides is 2. The second-order valence-electron chi connectivity index (χ2n) is 9.69. The molecular weight excluding hydrogens is 504 g/mol. The molecule has 4 aromatic rings. The van der Waals surface area contributed by atoms with Crippen molar-refractivity contribution in [2.75, 3.05) is 24.8 Å². The Kier molecular flexibility index (Phi) is 7.78. The van der Waals surface area contributed by atoms with Crippen LogP contribution in [0.5, 0.6) is 5.75 Å². The molecule has 2 heterocycles. The van der Waals surface area contributed by atoms with E-state index in [4.69, 9.17) is 21.3 Å². The van der Waals surface area contributed by atoms with Crippen molar-refractivity contribution in [2.24, 2.45) is 5.41 Å². The summed E-state index contributed by atoms with van der Waals surface area (Å²) in [6.45, 7) is 5.81. The number of aromatic nitrogens is 3. The molecule has 10 heteroatoms. The van der Waals surface area contributed by atoms with Gasteiger partial charge in [-0.3, -0.25) is 14.6 Å². The molecule has 0 atom stereocenters. The van der Waals surface area contributed by atoms with Crippen molar-refractivity contribution in [3.63, 3.8) is 0 Å². The molecule has 0 aliphatic carbocycles. The van der Waals surface area contributed by atoms with Crippen molar-refractivity contribution in [3.05, 3.63) is 71.0 Å². The molecule has 0 radical (unpaired) electrons. The average molecular weight is 533 g/mol. The summed E-state index contributed by atoms with van der Waals surface area (Å²) in [7, 11) is 3.35. The van der Waals surface area contributed by atoms with Crippen molar-refractivity contribution in [1.29, 1.82) is 0 Å². The molecule has 2 amide bonds. The highest BCUT2D eigenvalue weighted by Gasteiger charge is 2.21. The Hall–Kier alpha value is -4.24. The Bertz CT molecular complexity index is 1520. The summed E-state index contributed by atoms with van der Waals surface area (Å²) in [4.78, 5) is 38.9. The molecule has 196 valence electrons. The van der Waals surface area contributed by atoms with Crippen LogP contribution in [0.15, 0.2) is 54.9 Å². The maximum atomic E-state index is 13.2. The Balaban J connectivity index is 1.60. The van der Waals surface area contributed by atoms with Gasteiger partial charge in [0.1, 0.15) is 11.6 Å². The van der Waals surface area contributed by atoms with Crippen molar-refractivity contribution in [1.82, 2.24) is 20.3 Å². The Morgan fingerprint density at radius 3 is 2.53 bits per heavy atom. The van der Waals surface area contributed by atoms with Gasteiger partial charge in [0.25, 0.3) is 5.91 Å². The van der Waals surface area contributed by atoms with E-state index in [0.29, 0.717) is 44.7 Å². The van der Waals surface area contributed by atoms with Crippen LogP contribution in [0, 0.1) is 5.41 Å². The molecule has 0 unspecified atom stereocenters. The molecule has 9 nitrogen and oxygen atoms in total. The van der Waals surface area contributed by atoms with E-state index in [1.54, 1.807) is 62.9 Å². The minimum atomic E-state index is -0.512. The van der Waals surface area contributed by atoms with E-state index in [1.807, 2.05) is 26.8 Å². The van der Waals surface area contributed by atoms with E-state index in [9.17, 15) is 9.59 Å². The summed E-state index contributed by atoms with van der Waals surface area (Å²) in [5, 5.41) is 9.98. The normalized spacial score (nSPS) is 11.2. The molecule has 2 aromatic carbocycles. The molecule has 3 N–H and O–H groups in total. The van der Waals surface area contributed by atoms with Gasteiger partial charge in [-0.25, -0.2) is 9.97 Å². The predicted octanol–water partition coefficient (Wildman–Crippen LogP) is 5.31. The highest BCUT2D eigenvalue weighted by molar-refractivity contribution is 6.34. The largest absolute Gasteiger partial charge is 0.495 e. The number of anilines is 2. The minimum absolute atomic E-state index is 0.0818. The van der Waals surface area contributed by atoms with Gasteiger partial charge in [0.05, 0.1) is 29.4 Å². The second kappa shape index (κ2) is 11.0. The van der Waals surface area contributed by atoms with E-state index in [1.165, 1.54) is 0 Å². The van der Waals surface area contributed by atoms with E-state index in [0.717, 1.165) is 10.9 Å². The fourth-order valence-electron chi connectivity index (χ4n) is 3.68. The van der Waals surface area contributed by atoms with Crippen molar-refractivity contribution in [2.45, 2.75) is 27.3 Å². The maximum absolute atomic E-state index is 13.2. The number of nitrogens with zero attached hydrogens (tertiary/aromatic N) is 3. The lowest BCUT2D eigenvalue weighted by atomic mass is 9.95. The van der Waals surface area contributed by atoms with Crippen LogP contribution in [-0.2, 0) is 11.3 Å². The monoisotopic (exact) mass is 532 g/mol. The lowest BCUT2D eigenvalue weighted by Gasteiger charge is -2.18. The highest BCUT2D eigenvalue weighted by atomic mass is 35.5. The van der Waals surface area contributed by atoms with Crippen molar-refractivity contribution in [3.8, 4) is 17.1 Å². The third kappa shape index (κ3) is 6.00. The van der Waals surface area contributed by atoms with Crippen LogP contribution in [0.1, 0.15) is 36.7 Å². The zero-order valence-corrected chi connectivity index (χ0v) is 22.6. The number of carbonyl (C=O) groups is 2. The number of carbonyl (C=O) groups excluding carboxylic acids is 2. The molecule has 0 bridgehead atoms. The summed E-state index contributed by atoms with van der Waals surface area (Å²) in [5.74, 6) is 1.24. The molecule has 0 saturated carbocycles. The van der Waals surface area contributed by atoms with Gasteiger partial charge in [-0.05, 0) is 42.0 Å². The quantitative estimate of drug-likeness (QED) is 0.295. The Morgan fingerprint density at radius 2 is 1.82 bits per heavy atom. The summed E-state index contributed by atoms with van der Waals surface area (Å²) < 4.78 is 5.27. The first-order valence-corrected chi connectivity index (χ1v) is 12.3. The zero-order valence-electron chi connectivity index (χ0n) is 21.8. The molecule has 0 fully saturated rings. The number of halogens is 1. The van der Waals surface area contributed by atoms with Gasteiger partial charge < -0.3 is 20.7 Å². The van der Waals surface area contributed by atoms with Crippen LogP contribution < -0.4 is 20.7 Å². The van der Waals surface area contributed by atoms with E-state index >= 15 is 0 Å². The molecule has 0 aliphatic heterocycles. The van der Waals surface area contributed by atoms with E-state index in [2.05, 4.69) is 25.9 Å². The Labute approximate surface area is 226 Å². The fourth-order valence-corrected chi connectivity index (χ4v) is 3.89. The average Bonchev–Trinajstić information content (AvgIpc) is 2.90. The molecule has 0 aliphatic rings. The van der Waals surface area contributed by atoms with Crippen LogP contribution in [0.3, 0.4) is 0 Å². The smallest absolute Gasteiger partial charge is 0.257 e. The first-order valence-electron chi connectivity index (χ1n) is 12.0. The first kappa shape index (κ1) is 26.8. The van der Waals surface area contributed by atoms with Crippen LogP contribution in [0.2, 0.25) is 5.02 Å². The lowest BCUT2D eigenvalue weighted by Crippen LogP contribution is -2.34. The number of pyridine rings is 1. The number of fused-ring (bicyclic) bond motifs is 1. The number of nitrogens with one attached hydrogen (secondary N) is 3. The van der Waals surface area contributed by atoms with Gasteiger partial charge >= 0.3 is 0 Å². The number of hydrogen-bond donors (Lipinski definition) is 3. The van der Waals surface area contributed by atoms with Crippen LogP contribution in [0.25, 0.3) is 22.3 Å². The third-order valence-electron chi connectivity index (χ3n) is 5.81. The van der Waals surface area contributed by atoms with Crippen LogP contribution in [-0.4, -0.2) is 40.9 Å². The fraction of sp³-hybridized carbons (Fsp3) is 0.250. The minimum Gasteiger partial charge on any atom is -0.495 e. The summed E-state index contributed by atoms with van der Waals surface area (Å²) in [5.41, 5.74) is 2.42. The van der Waals surface area contributed by atoms with Gasteiger partial charge in [0.2, 0.25) is 5.91 Å². The number of hydrogen-bond acceptors (Lipinski definition) is 7. The van der Waals surface area contributed by atoms with Gasteiger partial charge in [-0.1, -0.05) is 38.4 Å². The highest BCUT2D eigenvalue weighted by Crippen LogP contribution is 2.28. The van der Waals surface area contributed by atoms with Gasteiger partial charge in [0, 0.05) is 41.8 Å². The molecule has 0 saturated heterocycles. The number of rotatable bonds is 7. The predicted molar refractivity (Wildman–Crippen MR) is 150 cm³/mol. The Morgan fingerprint density at radius 1 is 1.03 bits per heavy atom. The second-order valence-corrected chi connectivity index (χ2v) is 10.1. The van der Waals surface area contributed by atoms with Crippen molar-refractivity contribution >= 4 is 45.8 Å². The van der Waals surface area contributed by atoms with Gasteiger partial charge in [0.15, 0.2) is 5.82 Å². The van der Waals surface area contributed by atoms with Gasteiger partial charge in [-0.15, -0.1) is 0 Å². The van der Waals surface area contributed by atoms with Gasteiger partial charge in [-0.2, -0.15) is 0 Å². The van der Waals surface area contributed by atoms with E-state index in [-0.39, 0.29) is 18.4 Å². The standard InChI is InChI=1S/C28H29ClN6O3/c1-28(2,3)27(37)32-13-16-6-9-22(29)21(10-16)26(36)33-18-7-8-20-23(12-18)34-24(35-25(20)30-4)17-11-19(38-5)15-31-14-17/h6-12,14-15H,13H2,1-5H3,(H,32,37)(H,33,36)(H,30,34,35). The van der Waals surface area contributed by atoms with Crippen LogP contribution >= 0.6 is 11.6 Å². The molecular formula is C28H29ClN6O3. The maximum Gasteiger partial charge on any atom is 0.257 e. The zero-order chi connectivity index (χ0) is 27.4. The summed E-state index contributed by atoms with van der Waals surface area (Å²) in [6.07, 6.45) is 3.27. The lowest BCUT2D eigenvalue weighted by molar-refractivity contribution is -0.128. The number of ether oxygens (including phenoxy) is 1. The topological polar surface area (TPSA) is 118 Å². The molecule has 4 rings (SSSR count). The first-order chi connectivity index (χ1) is 18.1. The molecule has 0 spiro atoms. The third-order valence-corrected chi connectivity index (χ3v) is 6.14. The molecule has 38 heavy (non-hydrogen) atoms. The molecule has 2 aromatic heterocycles. The summed E-state index contributed by atoms with van der Waals surface area (Å²) in [6, 6.07) is 12.3. The van der Waals surface area contributed by atoms with Crippen LogP contribution in [0.4, 0.5) is 11.5 Å². The number of benzene rings is 2. The van der Waals surface area contributed by atoms with E-state index < -0.39 is 5.41 Å². The van der Waals surface area contributed by atoms with Crippen molar-refractivity contribution < 1.29 is 14.3 Å². The number of methoxy groups -OCH3 is 1.